The highest BCUT2D eigenvalue weighted by atomic mass is 35.5. The van der Waals surface area contributed by atoms with Crippen LogP contribution in [0.4, 0.5) is 0 Å². The fraction of sp³-hybridized carbons (Fsp3) is 0.364. The molecule has 0 atom stereocenters. The van der Waals surface area contributed by atoms with Gasteiger partial charge in [-0.15, -0.1) is 0 Å². The van der Waals surface area contributed by atoms with Crippen LogP contribution in [0, 0.1) is 5.41 Å². The van der Waals surface area contributed by atoms with Gasteiger partial charge in [0.1, 0.15) is 11.3 Å². The number of likely N-dealkylation sites (tertiary alicyclic amines) is 2. The number of halogens is 1. The van der Waals surface area contributed by atoms with Crippen LogP contribution in [0.15, 0.2) is 49.1 Å². The minimum absolute atomic E-state index is 0.0344. The smallest absolute Gasteiger partial charge is 0.274 e. The van der Waals surface area contributed by atoms with Gasteiger partial charge in [0.25, 0.3) is 5.91 Å². The van der Waals surface area contributed by atoms with Crippen LogP contribution in [-0.2, 0) is 11.3 Å². The molecule has 154 valence electrons. The monoisotopic (exact) mass is 423 g/mol. The normalized spacial score (nSPS) is 18.5. The first kappa shape index (κ1) is 19.1. The fourth-order valence-corrected chi connectivity index (χ4v) is 4.75. The number of imidazole rings is 1. The van der Waals surface area contributed by atoms with E-state index in [9.17, 15) is 9.59 Å². The Labute approximate surface area is 179 Å². The summed E-state index contributed by atoms with van der Waals surface area (Å²) in [5, 5.41) is 0.598. The van der Waals surface area contributed by atoms with Gasteiger partial charge in [-0.1, -0.05) is 11.6 Å². The summed E-state index contributed by atoms with van der Waals surface area (Å²) in [6.07, 6.45) is 9.20. The molecule has 0 saturated carbocycles. The van der Waals surface area contributed by atoms with E-state index in [0.29, 0.717) is 42.4 Å². The lowest BCUT2D eigenvalue weighted by Crippen LogP contribution is -2.44. The molecule has 2 saturated heterocycles. The van der Waals surface area contributed by atoms with Crippen molar-refractivity contribution in [3.8, 4) is 0 Å². The van der Waals surface area contributed by atoms with Crippen molar-refractivity contribution in [2.24, 2.45) is 5.41 Å². The third-order valence-electron chi connectivity index (χ3n) is 6.27. The molecule has 3 aromatic rings. The largest absolute Gasteiger partial charge is 0.338 e. The number of carbonyl (C=O) groups is 2. The molecule has 5 rings (SSSR count). The summed E-state index contributed by atoms with van der Waals surface area (Å²) in [6.45, 7) is 2.66. The van der Waals surface area contributed by atoms with Crippen LogP contribution in [0.2, 0.25) is 5.02 Å². The summed E-state index contributed by atoms with van der Waals surface area (Å²) in [4.78, 5) is 37.8. The lowest BCUT2D eigenvalue weighted by Gasteiger charge is -2.38. The number of piperidine rings is 1. The van der Waals surface area contributed by atoms with Crippen LogP contribution in [0.1, 0.15) is 35.3 Å². The third-order valence-corrected chi connectivity index (χ3v) is 6.50. The SMILES string of the molecule is O=C1CC2(CCN(C(=O)c3cn4cc(Cl)ccc4n3)CC2)CN1Cc1ccncc1. The molecule has 2 amide bonds. The lowest BCUT2D eigenvalue weighted by molar-refractivity contribution is -0.128. The topological polar surface area (TPSA) is 70.8 Å². The van der Waals surface area contributed by atoms with Crippen LogP contribution < -0.4 is 0 Å². The van der Waals surface area contributed by atoms with E-state index in [1.807, 2.05) is 21.9 Å². The molecule has 30 heavy (non-hydrogen) atoms. The number of fused-ring (bicyclic) bond motifs is 1. The van der Waals surface area contributed by atoms with Gasteiger partial charge in [-0.2, -0.15) is 0 Å². The molecule has 7 nitrogen and oxygen atoms in total. The Morgan fingerprint density at radius 1 is 1.10 bits per heavy atom. The molecule has 0 bridgehead atoms. The van der Waals surface area contributed by atoms with Crippen molar-refractivity contribution in [2.45, 2.75) is 25.8 Å². The van der Waals surface area contributed by atoms with E-state index >= 15 is 0 Å². The molecule has 2 fully saturated rings. The second kappa shape index (κ2) is 7.40. The number of pyridine rings is 2. The number of carbonyl (C=O) groups excluding carboxylic acids is 2. The van der Waals surface area contributed by atoms with Gasteiger partial charge in [-0.3, -0.25) is 14.6 Å². The molecule has 0 unspecified atom stereocenters. The van der Waals surface area contributed by atoms with E-state index in [1.165, 1.54) is 0 Å². The van der Waals surface area contributed by atoms with E-state index in [1.54, 1.807) is 41.3 Å². The highest BCUT2D eigenvalue weighted by Gasteiger charge is 2.45. The average molecular weight is 424 g/mol. The number of hydrogen-bond donors (Lipinski definition) is 0. The van der Waals surface area contributed by atoms with E-state index < -0.39 is 0 Å². The molecule has 0 aliphatic carbocycles. The Morgan fingerprint density at radius 2 is 1.87 bits per heavy atom. The van der Waals surface area contributed by atoms with E-state index in [4.69, 9.17) is 11.6 Å². The van der Waals surface area contributed by atoms with E-state index in [-0.39, 0.29) is 17.2 Å². The van der Waals surface area contributed by atoms with Crippen LogP contribution in [0.25, 0.3) is 5.65 Å². The molecule has 2 aliphatic heterocycles. The number of hydrogen-bond acceptors (Lipinski definition) is 4. The van der Waals surface area contributed by atoms with Gasteiger partial charge >= 0.3 is 0 Å². The maximum Gasteiger partial charge on any atom is 0.274 e. The summed E-state index contributed by atoms with van der Waals surface area (Å²) in [6, 6.07) is 7.45. The van der Waals surface area contributed by atoms with Crippen LogP contribution in [0.5, 0.6) is 0 Å². The standard InChI is InChI=1S/C22H22ClN5O2/c23-17-1-2-19-25-18(14-27(19)13-17)21(30)26-9-5-22(6-10-26)11-20(29)28(15-22)12-16-3-7-24-8-4-16/h1-4,7-8,13-14H,5-6,9-12,15H2. The van der Waals surface area contributed by atoms with Crippen LogP contribution in [0.3, 0.4) is 0 Å². The molecular formula is C22H22ClN5O2. The first-order chi connectivity index (χ1) is 14.5. The van der Waals surface area contributed by atoms with Gasteiger partial charge in [0.05, 0.1) is 5.02 Å². The van der Waals surface area contributed by atoms with Gasteiger partial charge in [-0.05, 0) is 42.7 Å². The van der Waals surface area contributed by atoms with Crippen molar-refractivity contribution in [3.05, 3.63) is 65.3 Å². The molecule has 0 N–H and O–H groups in total. The molecule has 0 radical (unpaired) electrons. The van der Waals surface area contributed by atoms with Gasteiger partial charge in [0.2, 0.25) is 5.91 Å². The first-order valence-electron chi connectivity index (χ1n) is 10.1. The van der Waals surface area contributed by atoms with Gasteiger partial charge in [0.15, 0.2) is 0 Å². The predicted molar refractivity (Wildman–Crippen MR) is 112 cm³/mol. The van der Waals surface area contributed by atoms with Crippen molar-refractivity contribution >= 4 is 29.1 Å². The highest BCUT2D eigenvalue weighted by Crippen LogP contribution is 2.41. The first-order valence-corrected chi connectivity index (χ1v) is 10.5. The van der Waals surface area contributed by atoms with Gasteiger partial charge < -0.3 is 14.2 Å². The second-order valence-corrected chi connectivity index (χ2v) is 8.75. The molecule has 5 heterocycles. The molecule has 8 heteroatoms. The minimum Gasteiger partial charge on any atom is -0.338 e. The summed E-state index contributed by atoms with van der Waals surface area (Å²) in [7, 11) is 0. The van der Waals surface area contributed by atoms with Crippen molar-refractivity contribution in [2.75, 3.05) is 19.6 Å². The molecular weight excluding hydrogens is 402 g/mol. The van der Waals surface area contributed by atoms with E-state index in [0.717, 1.165) is 24.9 Å². The Balaban J connectivity index is 1.24. The Kier molecular flexibility index (Phi) is 4.70. The van der Waals surface area contributed by atoms with Crippen LogP contribution in [-0.4, -0.2) is 55.6 Å². The van der Waals surface area contributed by atoms with Crippen molar-refractivity contribution in [1.82, 2.24) is 24.2 Å². The van der Waals surface area contributed by atoms with E-state index in [2.05, 4.69) is 9.97 Å². The Hall–Kier alpha value is -2.93. The van der Waals surface area contributed by atoms with Gasteiger partial charge in [-0.25, -0.2) is 4.98 Å². The minimum atomic E-state index is -0.0670. The molecule has 0 aromatic carbocycles. The van der Waals surface area contributed by atoms with Crippen molar-refractivity contribution < 1.29 is 9.59 Å². The number of aromatic nitrogens is 3. The third kappa shape index (κ3) is 3.54. The Morgan fingerprint density at radius 3 is 2.63 bits per heavy atom. The zero-order valence-corrected chi connectivity index (χ0v) is 17.3. The zero-order chi connectivity index (χ0) is 20.7. The molecule has 1 spiro atoms. The summed E-state index contributed by atoms with van der Waals surface area (Å²) < 4.78 is 1.77. The summed E-state index contributed by atoms with van der Waals surface area (Å²) in [5.41, 5.74) is 2.18. The van der Waals surface area contributed by atoms with Crippen molar-refractivity contribution in [3.63, 3.8) is 0 Å². The predicted octanol–water partition coefficient (Wildman–Crippen LogP) is 3.04. The number of amides is 2. The molecule has 2 aliphatic rings. The maximum absolute atomic E-state index is 13.0. The van der Waals surface area contributed by atoms with Gasteiger partial charge in [0, 0.05) is 62.8 Å². The summed E-state index contributed by atoms with van der Waals surface area (Å²) >= 11 is 6.02. The quantitative estimate of drug-likeness (QED) is 0.649. The Bertz CT molecular complexity index is 1110. The van der Waals surface area contributed by atoms with Crippen LogP contribution >= 0.6 is 11.6 Å². The number of rotatable bonds is 3. The molecule has 3 aromatic heterocycles. The zero-order valence-electron chi connectivity index (χ0n) is 16.5. The highest BCUT2D eigenvalue weighted by molar-refractivity contribution is 6.30. The fourth-order valence-electron chi connectivity index (χ4n) is 4.58. The number of nitrogens with zero attached hydrogens (tertiary/aromatic N) is 5. The summed E-state index contributed by atoms with van der Waals surface area (Å²) in [5.74, 6) is 0.131. The average Bonchev–Trinajstić information content (AvgIpc) is 3.29. The maximum atomic E-state index is 13.0. The second-order valence-electron chi connectivity index (χ2n) is 8.31. The van der Waals surface area contributed by atoms with Crippen molar-refractivity contribution in [1.29, 1.82) is 0 Å². The lowest BCUT2D eigenvalue weighted by atomic mass is 9.77.